The fourth-order valence-electron chi connectivity index (χ4n) is 3.14. The van der Waals surface area contributed by atoms with Crippen LogP contribution in [-0.2, 0) is 0 Å². The predicted molar refractivity (Wildman–Crippen MR) is 108 cm³/mol. The first-order chi connectivity index (χ1) is 12.5. The monoisotopic (exact) mass is 349 g/mol. The lowest BCUT2D eigenvalue weighted by Gasteiger charge is -2.20. The summed E-state index contributed by atoms with van der Waals surface area (Å²) in [5, 5.41) is 4.17. The summed E-state index contributed by atoms with van der Waals surface area (Å²) in [5.41, 5.74) is 2.71. The molecular weight excluding hydrogens is 322 g/mol. The summed E-state index contributed by atoms with van der Waals surface area (Å²) in [5.74, 6) is 1.39. The largest absolute Gasteiger partial charge is 0.308 e. The van der Waals surface area contributed by atoms with E-state index in [1.165, 1.54) is 0 Å². The van der Waals surface area contributed by atoms with E-state index in [-0.39, 0.29) is 11.6 Å². The standard InChI is InChI=1S/C22H27N3O/c1-15(2)12-13-23-17(4)21-24-20-11-6-5-10-19(20)22(26)25(21)18-9-7-8-16(3)14-18/h5-11,14-15,17,23H,12-13H2,1-4H3/t17-/m1/s1. The van der Waals surface area contributed by atoms with E-state index in [0.29, 0.717) is 11.3 Å². The molecule has 1 N–H and O–H groups in total. The maximum atomic E-state index is 13.2. The van der Waals surface area contributed by atoms with Crippen LogP contribution in [0.25, 0.3) is 16.6 Å². The van der Waals surface area contributed by atoms with Gasteiger partial charge in [-0.05, 0) is 62.6 Å². The molecule has 4 heteroatoms. The van der Waals surface area contributed by atoms with E-state index in [1.807, 2.05) is 55.5 Å². The van der Waals surface area contributed by atoms with Gasteiger partial charge in [-0.3, -0.25) is 9.36 Å². The Hall–Kier alpha value is -2.46. The van der Waals surface area contributed by atoms with Crippen LogP contribution in [0.3, 0.4) is 0 Å². The average molecular weight is 349 g/mol. The number of para-hydroxylation sites is 1. The maximum absolute atomic E-state index is 13.2. The number of hydrogen-bond donors (Lipinski definition) is 1. The van der Waals surface area contributed by atoms with E-state index >= 15 is 0 Å². The van der Waals surface area contributed by atoms with Crippen molar-refractivity contribution in [3.05, 3.63) is 70.3 Å². The molecule has 26 heavy (non-hydrogen) atoms. The molecule has 0 saturated carbocycles. The number of nitrogens with one attached hydrogen (secondary N) is 1. The molecule has 0 radical (unpaired) electrons. The van der Waals surface area contributed by atoms with Crippen molar-refractivity contribution >= 4 is 10.9 Å². The fraction of sp³-hybridized carbons (Fsp3) is 0.364. The Kier molecular flexibility index (Phi) is 5.52. The maximum Gasteiger partial charge on any atom is 0.266 e. The van der Waals surface area contributed by atoms with Crippen LogP contribution in [0.15, 0.2) is 53.3 Å². The molecule has 4 nitrogen and oxygen atoms in total. The predicted octanol–water partition coefficient (Wildman–Crippen LogP) is 4.39. The minimum atomic E-state index is -0.0217. The first-order valence-electron chi connectivity index (χ1n) is 9.29. The Morgan fingerprint density at radius 2 is 1.85 bits per heavy atom. The number of rotatable bonds is 6. The first kappa shape index (κ1) is 18.3. The number of aromatic nitrogens is 2. The lowest BCUT2D eigenvalue weighted by molar-refractivity contribution is 0.479. The number of benzene rings is 2. The highest BCUT2D eigenvalue weighted by Crippen LogP contribution is 2.19. The van der Waals surface area contributed by atoms with Crippen molar-refractivity contribution in [3.63, 3.8) is 0 Å². The Labute approximate surface area is 154 Å². The van der Waals surface area contributed by atoms with Gasteiger partial charge in [0, 0.05) is 0 Å². The summed E-state index contributed by atoms with van der Waals surface area (Å²) < 4.78 is 1.75. The van der Waals surface area contributed by atoms with Crippen LogP contribution in [-0.4, -0.2) is 16.1 Å². The lowest BCUT2D eigenvalue weighted by Crippen LogP contribution is -2.31. The molecule has 0 amide bonds. The second kappa shape index (κ2) is 7.83. The molecule has 2 aromatic carbocycles. The van der Waals surface area contributed by atoms with Gasteiger partial charge in [-0.2, -0.15) is 0 Å². The summed E-state index contributed by atoms with van der Waals surface area (Å²) >= 11 is 0. The van der Waals surface area contributed by atoms with E-state index in [2.05, 4.69) is 26.1 Å². The molecule has 0 unspecified atom stereocenters. The average Bonchev–Trinajstić information content (AvgIpc) is 2.61. The second-order valence-corrected chi connectivity index (χ2v) is 7.33. The third kappa shape index (κ3) is 3.86. The van der Waals surface area contributed by atoms with Gasteiger partial charge in [-0.15, -0.1) is 0 Å². The van der Waals surface area contributed by atoms with Crippen LogP contribution in [0.2, 0.25) is 0 Å². The molecule has 0 spiro atoms. The van der Waals surface area contributed by atoms with Gasteiger partial charge in [0.15, 0.2) is 0 Å². The van der Waals surface area contributed by atoms with Gasteiger partial charge in [0.1, 0.15) is 5.82 Å². The summed E-state index contributed by atoms with van der Waals surface area (Å²) in [4.78, 5) is 18.1. The highest BCUT2D eigenvalue weighted by atomic mass is 16.1. The number of aryl methyl sites for hydroxylation is 1. The van der Waals surface area contributed by atoms with Crippen molar-refractivity contribution in [2.24, 2.45) is 5.92 Å². The highest BCUT2D eigenvalue weighted by molar-refractivity contribution is 5.77. The quantitative estimate of drug-likeness (QED) is 0.718. The van der Waals surface area contributed by atoms with E-state index in [9.17, 15) is 4.79 Å². The summed E-state index contributed by atoms with van der Waals surface area (Å²) in [6, 6.07) is 15.5. The van der Waals surface area contributed by atoms with Crippen LogP contribution in [0, 0.1) is 12.8 Å². The third-order valence-electron chi connectivity index (χ3n) is 4.62. The second-order valence-electron chi connectivity index (χ2n) is 7.33. The first-order valence-corrected chi connectivity index (χ1v) is 9.29. The molecule has 0 aliphatic carbocycles. The van der Waals surface area contributed by atoms with Gasteiger partial charge in [0.2, 0.25) is 0 Å². The number of fused-ring (bicyclic) bond motifs is 1. The Morgan fingerprint density at radius 3 is 2.58 bits per heavy atom. The fourth-order valence-corrected chi connectivity index (χ4v) is 3.14. The summed E-state index contributed by atoms with van der Waals surface area (Å²) in [6.45, 7) is 9.43. The summed E-state index contributed by atoms with van der Waals surface area (Å²) in [6.07, 6.45) is 1.09. The molecule has 1 atom stereocenters. The van der Waals surface area contributed by atoms with Gasteiger partial charge >= 0.3 is 0 Å². The zero-order valence-electron chi connectivity index (χ0n) is 16.0. The van der Waals surface area contributed by atoms with Crippen LogP contribution in [0.4, 0.5) is 0 Å². The van der Waals surface area contributed by atoms with Crippen molar-refractivity contribution in [2.75, 3.05) is 6.54 Å². The van der Waals surface area contributed by atoms with Gasteiger partial charge in [-0.25, -0.2) is 4.98 Å². The van der Waals surface area contributed by atoms with Crippen molar-refractivity contribution < 1.29 is 0 Å². The van der Waals surface area contributed by atoms with E-state index < -0.39 is 0 Å². The smallest absolute Gasteiger partial charge is 0.266 e. The molecule has 0 aliphatic heterocycles. The Morgan fingerprint density at radius 1 is 1.08 bits per heavy atom. The molecule has 0 fully saturated rings. The van der Waals surface area contributed by atoms with Crippen molar-refractivity contribution in [3.8, 4) is 5.69 Å². The van der Waals surface area contributed by atoms with E-state index in [4.69, 9.17) is 4.98 Å². The van der Waals surface area contributed by atoms with Crippen molar-refractivity contribution in [1.82, 2.24) is 14.9 Å². The molecule has 3 rings (SSSR count). The van der Waals surface area contributed by atoms with Gasteiger partial charge in [0.05, 0.1) is 22.6 Å². The minimum Gasteiger partial charge on any atom is -0.308 e. The lowest BCUT2D eigenvalue weighted by atomic mass is 10.1. The molecule has 0 saturated heterocycles. The molecular formula is C22H27N3O. The summed E-state index contributed by atoms with van der Waals surface area (Å²) in [7, 11) is 0. The van der Waals surface area contributed by atoms with E-state index in [0.717, 1.165) is 35.6 Å². The highest BCUT2D eigenvalue weighted by Gasteiger charge is 2.17. The zero-order valence-corrected chi connectivity index (χ0v) is 16.0. The van der Waals surface area contributed by atoms with Gasteiger partial charge in [-0.1, -0.05) is 38.1 Å². The molecule has 3 aromatic rings. The molecule has 0 aliphatic rings. The van der Waals surface area contributed by atoms with Gasteiger partial charge in [0.25, 0.3) is 5.56 Å². The minimum absolute atomic E-state index is 0.0197. The number of nitrogens with zero attached hydrogens (tertiary/aromatic N) is 2. The van der Waals surface area contributed by atoms with Crippen LogP contribution < -0.4 is 10.9 Å². The molecule has 1 aromatic heterocycles. The Bertz CT molecular complexity index is 959. The Balaban J connectivity index is 2.13. The normalized spacial score (nSPS) is 12.7. The number of hydrogen-bond acceptors (Lipinski definition) is 3. The van der Waals surface area contributed by atoms with Crippen LogP contribution in [0.5, 0.6) is 0 Å². The van der Waals surface area contributed by atoms with E-state index in [1.54, 1.807) is 4.57 Å². The van der Waals surface area contributed by atoms with Crippen molar-refractivity contribution in [2.45, 2.75) is 40.2 Å². The zero-order chi connectivity index (χ0) is 18.7. The molecule has 1 heterocycles. The van der Waals surface area contributed by atoms with Crippen LogP contribution >= 0.6 is 0 Å². The molecule has 0 bridgehead atoms. The van der Waals surface area contributed by atoms with Crippen LogP contribution in [0.1, 0.15) is 44.6 Å². The SMILES string of the molecule is Cc1cccc(-n2c([C@@H](C)NCCC(C)C)nc3ccccc3c2=O)c1. The molecule has 136 valence electrons. The van der Waals surface area contributed by atoms with Gasteiger partial charge < -0.3 is 5.32 Å². The topological polar surface area (TPSA) is 46.9 Å². The third-order valence-corrected chi connectivity index (χ3v) is 4.62. The van der Waals surface area contributed by atoms with Crippen molar-refractivity contribution in [1.29, 1.82) is 0 Å².